The van der Waals surface area contributed by atoms with Crippen LogP contribution in [0.25, 0.3) is 0 Å². The number of carbonyl (C=O) groups is 1. The van der Waals surface area contributed by atoms with Crippen molar-refractivity contribution < 1.29 is 14.3 Å². The highest BCUT2D eigenvalue weighted by Gasteiger charge is 2.41. The molecule has 4 heteroatoms. The van der Waals surface area contributed by atoms with E-state index in [4.69, 9.17) is 9.47 Å². The zero-order valence-electron chi connectivity index (χ0n) is 10.2. The smallest absolute Gasteiger partial charge is 0.410 e. The van der Waals surface area contributed by atoms with Crippen molar-refractivity contribution in [2.75, 3.05) is 13.1 Å². The van der Waals surface area contributed by atoms with Crippen LogP contribution in [-0.4, -0.2) is 36.3 Å². The minimum atomic E-state index is -0.208. The molecule has 2 aliphatic rings. The van der Waals surface area contributed by atoms with E-state index in [-0.39, 0.29) is 6.09 Å². The predicted octanol–water partition coefficient (Wildman–Crippen LogP) is 2.19. The molecule has 0 aliphatic carbocycles. The van der Waals surface area contributed by atoms with Gasteiger partial charge in [0.25, 0.3) is 0 Å². The van der Waals surface area contributed by atoms with Crippen molar-refractivity contribution in [3.63, 3.8) is 0 Å². The Labute approximate surface area is 106 Å². The zero-order valence-corrected chi connectivity index (χ0v) is 10.2. The SMILES string of the molecule is O=C(OCc1ccccc1)N1CC[C@@H]2O[C@H]2CC1. The van der Waals surface area contributed by atoms with Gasteiger partial charge in [0.2, 0.25) is 0 Å². The summed E-state index contributed by atoms with van der Waals surface area (Å²) >= 11 is 0. The number of fused-ring (bicyclic) bond motifs is 1. The van der Waals surface area contributed by atoms with Crippen LogP contribution in [0.2, 0.25) is 0 Å². The van der Waals surface area contributed by atoms with Crippen molar-refractivity contribution >= 4 is 6.09 Å². The first-order valence-corrected chi connectivity index (χ1v) is 6.44. The molecule has 0 N–H and O–H groups in total. The molecule has 4 nitrogen and oxygen atoms in total. The van der Waals surface area contributed by atoms with E-state index < -0.39 is 0 Å². The van der Waals surface area contributed by atoms with Gasteiger partial charge in [0, 0.05) is 13.1 Å². The normalized spacial score (nSPS) is 26.1. The molecule has 0 spiro atoms. The molecule has 96 valence electrons. The Morgan fingerprint density at radius 2 is 1.89 bits per heavy atom. The first-order chi connectivity index (χ1) is 8.83. The van der Waals surface area contributed by atoms with Gasteiger partial charge in [-0.3, -0.25) is 0 Å². The Hall–Kier alpha value is -1.55. The summed E-state index contributed by atoms with van der Waals surface area (Å²) in [5.41, 5.74) is 1.02. The molecule has 0 radical (unpaired) electrons. The van der Waals surface area contributed by atoms with Crippen molar-refractivity contribution in [3.8, 4) is 0 Å². The quantitative estimate of drug-likeness (QED) is 0.752. The van der Waals surface area contributed by atoms with Gasteiger partial charge in [0.15, 0.2) is 0 Å². The standard InChI is InChI=1S/C14H17NO3/c16-14(17-10-11-4-2-1-3-5-11)15-8-6-12-13(18-12)7-9-15/h1-5,12-13H,6-10H2/t12-,13-/m0/s1. The molecule has 0 aromatic heterocycles. The maximum atomic E-state index is 11.9. The monoisotopic (exact) mass is 247 g/mol. The molecule has 2 fully saturated rings. The third-order valence-electron chi connectivity index (χ3n) is 3.52. The molecule has 0 unspecified atom stereocenters. The zero-order chi connectivity index (χ0) is 12.4. The molecule has 3 rings (SSSR count). The molecule has 1 aromatic carbocycles. The van der Waals surface area contributed by atoms with Crippen molar-refractivity contribution in [2.24, 2.45) is 0 Å². The largest absolute Gasteiger partial charge is 0.445 e. The van der Waals surface area contributed by atoms with E-state index in [0.29, 0.717) is 18.8 Å². The van der Waals surface area contributed by atoms with Gasteiger partial charge in [0.1, 0.15) is 6.61 Å². The Morgan fingerprint density at radius 1 is 1.22 bits per heavy atom. The van der Waals surface area contributed by atoms with E-state index in [1.54, 1.807) is 4.90 Å². The highest BCUT2D eigenvalue weighted by molar-refractivity contribution is 5.67. The van der Waals surface area contributed by atoms with Crippen LogP contribution < -0.4 is 0 Å². The van der Waals surface area contributed by atoms with Crippen molar-refractivity contribution in [1.29, 1.82) is 0 Å². The molecule has 2 heterocycles. The summed E-state index contributed by atoms with van der Waals surface area (Å²) in [7, 11) is 0. The molecular weight excluding hydrogens is 230 g/mol. The van der Waals surface area contributed by atoms with E-state index in [0.717, 1.165) is 31.5 Å². The predicted molar refractivity (Wildman–Crippen MR) is 66.1 cm³/mol. The van der Waals surface area contributed by atoms with Gasteiger partial charge in [-0.2, -0.15) is 0 Å². The summed E-state index contributed by atoms with van der Waals surface area (Å²) in [6, 6.07) is 9.75. The molecule has 18 heavy (non-hydrogen) atoms. The van der Waals surface area contributed by atoms with Gasteiger partial charge < -0.3 is 14.4 Å². The van der Waals surface area contributed by atoms with Gasteiger partial charge in [-0.25, -0.2) is 4.79 Å². The van der Waals surface area contributed by atoms with Gasteiger partial charge in [0.05, 0.1) is 12.2 Å². The number of benzene rings is 1. The molecule has 2 atom stereocenters. The molecule has 0 saturated carbocycles. The average molecular weight is 247 g/mol. The number of hydrogen-bond donors (Lipinski definition) is 0. The first-order valence-electron chi connectivity index (χ1n) is 6.44. The number of epoxide rings is 1. The van der Waals surface area contributed by atoms with Crippen LogP contribution in [0.1, 0.15) is 18.4 Å². The van der Waals surface area contributed by atoms with Crippen molar-refractivity contribution in [3.05, 3.63) is 35.9 Å². The molecule has 1 amide bonds. The van der Waals surface area contributed by atoms with E-state index in [1.807, 2.05) is 30.3 Å². The van der Waals surface area contributed by atoms with Gasteiger partial charge in [-0.15, -0.1) is 0 Å². The lowest BCUT2D eigenvalue weighted by atomic mass is 10.2. The summed E-state index contributed by atoms with van der Waals surface area (Å²) in [5.74, 6) is 0. The lowest BCUT2D eigenvalue weighted by Crippen LogP contribution is -2.33. The highest BCUT2D eigenvalue weighted by Crippen LogP contribution is 2.31. The number of ether oxygens (including phenoxy) is 2. The number of nitrogens with zero attached hydrogens (tertiary/aromatic N) is 1. The molecule has 1 aromatic rings. The minimum absolute atomic E-state index is 0.208. The Balaban J connectivity index is 1.49. The van der Waals surface area contributed by atoms with Crippen molar-refractivity contribution in [1.82, 2.24) is 4.90 Å². The number of carbonyl (C=O) groups excluding carboxylic acids is 1. The van der Waals surface area contributed by atoms with Crippen LogP contribution in [0.15, 0.2) is 30.3 Å². The van der Waals surface area contributed by atoms with Gasteiger partial charge in [-0.05, 0) is 18.4 Å². The molecular formula is C14H17NO3. The lowest BCUT2D eigenvalue weighted by molar-refractivity contribution is 0.0936. The van der Waals surface area contributed by atoms with Crippen LogP contribution in [-0.2, 0) is 16.1 Å². The summed E-state index contributed by atoms with van der Waals surface area (Å²) < 4.78 is 10.8. The van der Waals surface area contributed by atoms with Crippen LogP contribution in [0.5, 0.6) is 0 Å². The van der Waals surface area contributed by atoms with E-state index in [1.165, 1.54) is 0 Å². The van der Waals surface area contributed by atoms with Gasteiger partial charge in [-0.1, -0.05) is 30.3 Å². The highest BCUT2D eigenvalue weighted by atomic mass is 16.6. The molecule has 2 aliphatic heterocycles. The number of likely N-dealkylation sites (tertiary alicyclic amines) is 1. The third-order valence-corrected chi connectivity index (χ3v) is 3.52. The van der Waals surface area contributed by atoms with Crippen molar-refractivity contribution in [2.45, 2.75) is 31.7 Å². The molecule has 2 saturated heterocycles. The Bertz CT molecular complexity index is 408. The van der Waals surface area contributed by atoms with Crippen LogP contribution in [0.4, 0.5) is 4.79 Å². The fourth-order valence-corrected chi connectivity index (χ4v) is 2.36. The maximum Gasteiger partial charge on any atom is 0.410 e. The van der Waals surface area contributed by atoms with Gasteiger partial charge >= 0.3 is 6.09 Å². The van der Waals surface area contributed by atoms with Crippen LogP contribution in [0.3, 0.4) is 0 Å². The topological polar surface area (TPSA) is 42.1 Å². The summed E-state index contributed by atoms with van der Waals surface area (Å²) in [4.78, 5) is 13.7. The lowest BCUT2D eigenvalue weighted by Gasteiger charge is -2.20. The fraction of sp³-hybridized carbons (Fsp3) is 0.500. The summed E-state index contributed by atoms with van der Waals surface area (Å²) in [6.07, 6.45) is 2.44. The molecule has 0 bridgehead atoms. The second-order valence-corrected chi connectivity index (χ2v) is 4.82. The summed E-state index contributed by atoms with van der Waals surface area (Å²) in [5, 5.41) is 0. The average Bonchev–Trinajstić information content (AvgIpc) is 3.16. The third kappa shape index (κ3) is 2.64. The van der Waals surface area contributed by atoms with E-state index in [9.17, 15) is 4.79 Å². The number of amides is 1. The Morgan fingerprint density at radius 3 is 2.56 bits per heavy atom. The van der Waals surface area contributed by atoms with Crippen LogP contribution >= 0.6 is 0 Å². The minimum Gasteiger partial charge on any atom is -0.445 e. The van der Waals surface area contributed by atoms with Crippen LogP contribution in [0, 0.1) is 0 Å². The number of rotatable bonds is 2. The first kappa shape index (κ1) is 11.5. The fourth-order valence-electron chi connectivity index (χ4n) is 2.36. The summed E-state index contributed by atoms with van der Waals surface area (Å²) in [6.45, 7) is 1.84. The second-order valence-electron chi connectivity index (χ2n) is 4.82. The van der Waals surface area contributed by atoms with E-state index >= 15 is 0 Å². The van der Waals surface area contributed by atoms with E-state index in [2.05, 4.69) is 0 Å². The second kappa shape index (κ2) is 4.98. The maximum absolute atomic E-state index is 11.9. The number of hydrogen-bond acceptors (Lipinski definition) is 3. The Kier molecular flexibility index (Phi) is 3.19.